The third kappa shape index (κ3) is 3.51. The van der Waals surface area contributed by atoms with Gasteiger partial charge in [-0.25, -0.2) is 17.9 Å². The van der Waals surface area contributed by atoms with Crippen LogP contribution in [-0.4, -0.2) is 20.4 Å². The summed E-state index contributed by atoms with van der Waals surface area (Å²) in [4.78, 5) is 11.5. The third-order valence-electron chi connectivity index (χ3n) is 3.15. The van der Waals surface area contributed by atoms with Crippen LogP contribution in [0.2, 0.25) is 0 Å². The molecule has 1 fully saturated rings. The average Bonchev–Trinajstić information content (AvgIpc) is 2.79. The first-order valence-electron chi connectivity index (χ1n) is 6.00. The molecular weight excluding hydrogens is 271 g/mol. The lowest BCUT2D eigenvalue weighted by atomic mass is 10.2. The Bertz CT molecular complexity index is 595. The Hall–Kier alpha value is -1.47. The number of sulfonamides is 1. The second-order valence-corrected chi connectivity index (χ2v) is 6.24. The molecule has 1 saturated carbocycles. The molecule has 1 aliphatic rings. The Kier molecular flexibility index (Phi) is 3.86. The zero-order valence-electron chi connectivity index (χ0n) is 10.2. The fourth-order valence-corrected chi connectivity index (χ4v) is 2.77. The van der Waals surface area contributed by atoms with Crippen molar-refractivity contribution in [3.05, 3.63) is 29.6 Å². The number of hydrogen-bond donors (Lipinski definition) is 2. The third-order valence-corrected chi connectivity index (χ3v) is 4.05. The molecule has 0 radical (unpaired) electrons. The van der Waals surface area contributed by atoms with Gasteiger partial charge < -0.3 is 5.32 Å². The Morgan fingerprint density at radius 2 is 1.89 bits per heavy atom. The molecule has 0 saturated heterocycles. The number of nitrogens with one attached hydrogen (secondary N) is 1. The van der Waals surface area contributed by atoms with Crippen LogP contribution in [0, 0.1) is 5.82 Å². The van der Waals surface area contributed by atoms with E-state index in [2.05, 4.69) is 5.32 Å². The molecule has 0 aliphatic heterocycles. The van der Waals surface area contributed by atoms with Crippen LogP contribution in [-0.2, 0) is 10.0 Å². The van der Waals surface area contributed by atoms with Crippen molar-refractivity contribution in [2.45, 2.75) is 36.6 Å². The van der Waals surface area contributed by atoms with Crippen LogP contribution in [0.1, 0.15) is 36.0 Å². The van der Waals surface area contributed by atoms with Gasteiger partial charge in [0.15, 0.2) is 0 Å². The normalized spacial score (nSPS) is 16.5. The van der Waals surface area contributed by atoms with Gasteiger partial charge in [0, 0.05) is 11.6 Å². The molecule has 5 nitrogen and oxygen atoms in total. The lowest BCUT2D eigenvalue weighted by Gasteiger charge is -2.12. The summed E-state index contributed by atoms with van der Waals surface area (Å²) >= 11 is 0. The molecular formula is C12H15FN2O3S. The molecule has 0 spiro atoms. The molecule has 1 aliphatic carbocycles. The number of amides is 1. The van der Waals surface area contributed by atoms with Gasteiger partial charge in [-0.3, -0.25) is 4.79 Å². The molecule has 0 aromatic heterocycles. The molecule has 0 atom stereocenters. The zero-order chi connectivity index (χ0) is 14.0. The number of primary sulfonamides is 1. The van der Waals surface area contributed by atoms with Gasteiger partial charge in [0.05, 0.1) is 4.90 Å². The standard InChI is InChI=1S/C12H15FN2O3S/c13-9-5-8(6-11(7-9)19(14,17)18)12(16)15-10-3-1-2-4-10/h5-7,10H,1-4H2,(H,15,16)(H2,14,17,18). The van der Waals surface area contributed by atoms with Crippen molar-refractivity contribution in [1.82, 2.24) is 5.32 Å². The summed E-state index contributed by atoms with van der Waals surface area (Å²) in [5, 5.41) is 7.69. The summed E-state index contributed by atoms with van der Waals surface area (Å²) in [5.74, 6) is -1.28. The lowest BCUT2D eigenvalue weighted by molar-refractivity contribution is 0.0937. The van der Waals surface area contributed by atoms with E-state index in [9.17, 15) is 17.6 Å². The van der Waals surface area contributed by atoms with E-state index in [0.717, 1.165) is 43.9 Å². The number of rotatable bonds is 3. The van der Waals surface area contributed by atoms with E-state index < -0.39 is 26.6 Å². The van der Waals surface area contributed by atoms with Gasteiger partial charge in [-0.05, 0) is 31.0 Å². The van der Waals surface area contributed by atoms with Gasteiger partial charge in [-0.1, -0.05) is 12.8 Å². The fraction of sp³-hybridized carbons (Fsp3) is 0.417. The van der Waals surface area contributed by atoms with Crippen molar-refractivity contribution in [1.29, 1.82) is 0 Å². The lowest BCUT2D eigenvalue weighted by Crippen LogP contribution is -2.32. The van der Waals surface area contributed by atoms with Crippen LogP contribution < -0.4 is 10.5 Å². The van der Waals surface area contributed by atoms with Crippen molar-refractivity contribution in [3.8, 4) is 0 Å². The molecule has 7 heteroatoms. The maximum atomic E-state index is 13.3. The van der Waals surface area contributed by atoms with Crippen LogP contribution in [0.5, 0.6) is 0 Å². The monoisotopic (exact) mass is 286 g/mol. The first-order chi connectivity index (χ1) is 8.86. The van der Waals surface area contributed by atoms with Crippen molar-refractivity contribution >= 4 is 15.9 Å². The number of halogens is 1. The fourth-order valence-electron chi connectivity index (χ4n) is 2.20. The van der Waals surface area contributed by atoms with Crippen molar-refractivity contribution in [3.63, 3.8) is 0 Å². The predicted octanol–water partition coefficient (Wildman–Crippen LogP) is 1.15. The van der Waals surface area contributed by atoms with Crippen LogP contribution in [0.3, 0.4) is 0 Å². The summed E-state index contributed by atoms with van der Waals surface area (Å²) in [6.07, 6.45) is 3.89. The number of nitrogens with two attached hydrogens (primary N) is 1. The largest absolute Gasteiger partial charge is 0.349 e. The van der Waals surface area contributed by atoms with Crippen molar-refractivity contribution in [2.24, 2.45) is 5.14 Å². The zero-order valence-corrected chi connectivity index (χ0v) is 11.0. The smallest absolute Gasteiger partial charge is 0.251 e. The summed E-state index contributed by atoms with van der Waals surface area (Å²) in [6, 6.07) is 2.96. The van der Waals surface area contributed by atoms with Gasteiger partial charge in [0.1, 0.15) is 5.82 Å². The molecule has 0 heterocycles. The topological polar surface area (TPSA) is 89.3 Å². The number of hydrogen-bond acceptors (Lipinski definition) is 3. The molecule has 19 heavy (non-hydrogen) atoms. The molecule has 104 valence electrons. The van der Waals surface area contributed by atoms with Crippen LogP contribution in [0.15, 0.2) is 23.1 Å². The SMILES string of the molecule is NS(=O)(=O)c1cc(F)cc(C(=O)NC2CCCC2)c1. The summed E-state index contributed by atoms with van der Waals surface area (Å²) in [5.41, 5.74) is -0.0316. The van der Waals surface area contributed by atoms with Gasteiger partial charge in [-0.15, -0.1) is 0 Å². The Labute approximate surface area is 111 Å². The molecule has 1 amide bonds. The van der Waals surface area contributed by atoms with E-state index >= 15 is 0 Å². The number of carbonyl (C=O) groups is 1. The van der Waals surface area contributed by atoms with E-state index in [0.29, 0.717) is 0 Å². The van der Waals surface area contributed by atoms with Gasteiger partial charge in [-0.2, -0.15) is 0 Å². The van der Waals surface area contributed by atoms with E-state index in [1.165, 1.54) is 0 Å². The predicted molar refractivity (Wildman–Crippen MR) is 67.5 cm³/mol. The minimum Gasteiger partial charge on any atom is -0.349 e. The minimum atomic E-state index is -4.03. The molecule has 2 rings (SSSR count). The second-order valence-electron chi connectivity index (χ2n) is 4.68. The highest BCUT2D eigenvalue weighted by atomic mass is 32.2. The van der Waals surface area contributed by atoms with Crippen LogP contribution in [0.4, 0.5) is 4.39 Å². The Balaban J connectivity index is 2.24. The maximum Gasteiger partial charge on any atom is 0.251 e. The molecule has 0 bridgehead atoms. The van der Waals surface area contributed by atoms with Crippen LogP contribution >= 0.6 is 0 Å². The average molecular weight is 286 g/mol. The summed E-state index contributed by atoms with van der Waals surface area (Å²) in [7, 11) is -4.03. The Morgan fingerprint density at radius 3 is 2.47 bits per heavy atom. The quantitative estimate of drug-likeness (QED) is 0.873. The van der Waals surface area contributed by atoms with E-state index in [4.69, 9.17) is 5.14 Å². The van der Waals surface area contributed by atoms with E-state index in [1.807, 2.05) is 0 Å². The Morgan fingerprint density at radius 1 is 1.26 bits per heavy atom. The van der Waals surface area contributed by atoms with E-state index in [-0.39, 0.29) is 11.6 Å². The number of carbonyl (C=O) groups excluding carboxylic acids is 1. The first kappa shape index (κ1) is 14.0. The number of benzene rings is 1. The molecule has 0 unspecified atom stereocenters. The van der Waals surface area contributed by atoms with Gasteiger partial charge in [0.2, 0.25) is 10.0 Å². The van der Waals surface area contributed by atoms with Crippen molar-refractivity contribution < 1.29 is 17.6 Å². The summed E-state index contributed by atoms with van der Waals surface area (Å²) in [6.45, 7) is 0. The second kappa shape index (κ2) is 5.26. The van der Waals surface area contributed by atoms with Crippen LogP contribution in [0.25, 0.3) is 0 Å². The highest BCUT2D eigenvalue weighted by Crippen LogP contribution is 2.19. The van der Waals surface area contributed by atoms with Gasteiger partial charge >= 0.3 is 0 Å². The first-order valence-corrected chi connectivity index (χ1v) is 7.55. The maximum absolute atomic E-state index is 13.3. The van der Waals surface area contributed by atoms with Crippen molar-refractivity contribution in [2.75, 3.05) is 0 Å². The molecule has 3 N–H and O–H groups in total. The highest BCUT2D eigenvalue weighted by molar-refractivity contribution is 7.89. The minimum absolute atomic E-state index is 0.0316. The molecule has 1 aromatic carbocycles. The molecule has 1 aromatic rings. The summed E-state index contributed by atoms with van der Waals surface area (Å²) < 4.78 is 35.7. The van der Waals surface area contributed by atoms with Gasteiger partial charge in [0.25, 0.3) is 5.91 Å². The van der Waals surface area contributed by atoms with E-state index in [1.54, 1.807) is 0 Å². The highest BCUT2D eigenvalue weighted by Gasteiger charge is 2.20.